The molecule has 0 aliphatic carbocycles. The minimum Gasteiger partial charge on any atom is -0.334 e. The molecule has 0 aromatic rings. The average Bonchev–Trinajstić information content (AvgIpc) is 2.12. The van der Waals surface area contributed by atoms with Gasteiger partial charge in [-0.2, -0.15) is 13.2 Å². The Morgan fingerprint density at radius 1 is 1.38 bits per heavy atom. The zero-order chi connectivity index (χ0) is 12.9. The lowest BCUT2D eigenvalue weighted by Gasteiger charge is -2.24. The molecule has 0 rings (SSSR count). The molecule has 0 saturated carbocycles. The van der Waals surface area contributed by atoms with E-state index in [0.717, 1.165) is 4.90 Å². The fourth-order valence-corrected chi connectivity index (χ4v) is 1.16. The highest BCUT2D eigenvalue weighted by atomic mass is 19.4. The number of nitrogens with two attached hydrogens (primary N) is 1. The van der Waals surface area contributed by atoms with E-state index < -0.39 is 24.7 Å². The third-order valence-electron chi connectivity index (χ3n) is 2.37. The fourth-order valence-electron chi connectivity index (χ4n) is 1.16. The lowest BCUT2D eigenvalue weighted by molar-refractivity contribution is -0.161. The second-order valence-corrected chi connectivity index (χ2v) is 4.14. The van der Waals surface area contributed by atoms with Crippen molar-refractivity contribution in [1.82, 2.24) is 4.90 Å². The van der Waals surface area contributed by atoms with Crippen molar-refractivity contribution in [2.45, 2.75) is 39.4 Å². The minimum absolute atomic E-state index is 0.0401. The maximum absolute atomic E-state index is 12.1. The molecule has 1 atom stereocenters. The van der Waals surface area contributed by atoms with Gasteiger partial charge in [0.1, 0.15) is 6.54 Å². The van der Waals surface area contributed by atoms with Crippen LogP contribution in [0, 0.1) is 5.92 Å². The molecule has 1 unspecified atom stereocenters. The molecule has 0 aliphatic heterocycles. The summed E-state index contributed by atoms with van der Waals surface area (Å²) >= 11 is 0. The monoisotopic (exact) mass is 240 g/mol. The van der Waals surface area contributed by atoms with E-state index in [1.807, 2.05) is 13.8 Å². The SMILES string of the molecule is CCN(CC(F)(F)F)C(=O)CC(N)C(C)C. The van der Waals surface area contributed by atoms with E-state index in [0.29, 0.717) is 0 Å². The Morgan fingerprint density at radius 2 is 1.88 bits per heavy atom. The van der Waals surface area contributed by atoms with Crippen LogP contribution in [0.25, 0.3) is 0 Å². The maximum atomic E-state index is 12.1. The summed E-state index contributed by atoms with van der Waals surface area (Å²) in [6.45, 7) is 4.02. The van der Waals surface area contributed by atoms with Gasteiger partial charge < -0.3 is 10.6 Å². The predicted octanol–water partition coefficient (Wildman–Crippen LogP) is 1.77. The average molecular weight is 240 g/mol. The summed E-state index contributed by atoms with van der Waals surface area (Å²) in [5.74, 6) is -0.463. The van der Waals surface area contributed by atoms with Crippen molar-refractivity contribution in [1.29, 1.82) is 0 Å². The van der Waals surface area contributed by atoms with E-state index in [9.17, 15) is 18.0 Å². The minimum atomic E-state index is -4.35. The van der Waals surface area contributed by atoms with Crippen molar-refractivity contribution in [3.8, 4) is 0 Å². The third kappa shape index (κ3) is 5.95. The van der Waals surface area contributed by atoms with Crippen LogP contribution in [-0.2, 0) is 4.79 Å². The normalized spacial score (nSPS) is 14.0. The quantitative estimate of drug-likeness (QED) is 0.796. The molecule has 0 spiro atoms. The first-order valence-electron chi connectivity index (χ1n) is 5.27. The van der Waals surface area contributed by atoms with E-state index >= 15 is 0 Å². The molecule has 3 nitrogen and oxygen atoms in total. The number of hydrogen-bond donors (Lipinski definition) is 1. The highest BCUT2D eigenvalue weighted by Gasteiger charge is 2.32. The van der Waals surface area contributed by atoms with Crippen molar-refractivity contribution >= 4 is 5.91 Å². The van der Waals surface area contributed by atoms with Crippen molar-refractivity contribution in [3.63, 3.8) is 0 Å². The van der Waals surface area contributed by atoms with E-state index in [1.54, 1.807) is 0 Å². The van der Waals surface area contributed by atoms with Gasteiger partial charge in [-0.1, -0.05) is 13.8 Å². The van der Waals surface area contributed by atoms with Gasteiger partial charge in [-0.3, -0.25) is 4.79 Å². The molecule has 0 bridgehead atoms. The van der Waals surface area contributed by atoms with Gasteiger partial charge in [0, 0.05) is 19.0 Å². The smallest absolute Gasteiger partial charge is 0.334 e. The highest BCUT2D eigenvalue weighted by molar-refractivity contribution is 5.76. The second-order valence-electron chi connectivity index (χ2n) is 4.14. The van der Waals surface area contributed by atoms with Crippen molar-refractivity contribution < 1.29 is 18.0 Å². The number of hydrogen-bond acceptors (Lipinski definition) is 2. The molecule has 6 heteroatoms. The summed E-state index contributed by atoms with van der Waals surface area (Å²) in [6, 6.07) is -0.394. The van der Waals surface area contributed by atoms with Crippen LogP contribution in [0.1, 0.15) is 27.2 Å². The third-order valence-corrected chi connectivity index (χ3v) is 2.37. The number of halogens is 3. The van der Waals surface area contributed by atoms with Crippen LogP contribution in [0.5, 0.6) is 0 Å². The summed E-state index contributed by atoms with van der Waals surface area (Å²) in [7, 11) is 0. The summed E-state index contributed by atoms with van der Waals surface area (Å²) < 4.78 is 36.4. The molecule has 96 valence electrons. The fraction of sp³-hybridized carbons (Fsp3) is 0.900. The topological polar surface area (TPSA) is 46.3 Å². The Bertz CT molecular complexity index is 229. The number of carbonyl (C=O) groups is 1. The first-order valence-corrected chi connectivity index (χ1v) is 5.27. The van der Waals surface area contributed by atoms with Crippen LogP contribution in [0.3, 0.4) is 0 Å². The summed E-state index contributed by atoms with van der Waals surface area (Å²) in [5, 5.41) is 0. The molecule has 0 aromatic heterocycles. The van der Waals surface area contributed by atoms with Crippen LogP contribution >= 0.6 is 0 Å². The van der Waals surface area contributed by atoms with Crippen molar-refractivity contribution in [2.24, 2.45) is 11.7 Å². The molecule has 0 saturated heterocycles. The van der Waals surface area contributed by atoms with Crippen LogP contribution < -0.4 is 5.73 Å². The van der Waals surface area contributed by atoms with Gasteiger partial charge >= 0.3 is 6.18 Å². The summed E-state index contributed by atoms with van der Waals surface area (Å²) in [5.41, 5.74) is 5.64. The first-order chi connectivity index (χ1) is 7.17. The Morgan fingerprint density at radius 3 is 2.19 bits per heavy atom. The highest BCUT2D eigenvalue weighted by Crippen LogP contribution is 2.17. The Kier molecular flexibility index (Phi) is 5.78. The van der Waals surface area contributed by atoms with Gasteiger partial charge in [0.2, 0.25) is 5.91 Å². The lowest BCUT2D eigenvalue weighted by Crippen LogP contribution is -2.42. The van der Waals surface area contributed by atoms with Gasteiger partial charge in [0.05, 0.1) is 0 Å². The van der Waals surface area contributed by atoms with Crippen molar-refractivity contribution in [3.05, 3.63) is 0 Å². The Balaban J connectivity index is 4.32. The molecule has 1 amide bonds. The number of alkyl halides is 3. The predicted molar refractivity (Wildman–Crippen MR) is 55.7 cm³/mol. The number of amides is 1. The van der Waals surface area contributed by atoms with E-state index in [1.165, 1.54) is 6.92 Å². The van der Waals surface area contributed by atoms with Crippen LogP contribution in [0.15, 0.2) is 0 Å². The number of rotatable bonds is 5. The van der Waals surface area contributed by atoms with E-state index in [-0.39, 0.29) is 18.9 Å². The Hall–Kier alpha value is -0.780. The largest absolute Gasteiger partial charge is 0.406 e. The second kappa shape index (κ2) is 6.08. The van der Waals surface area contributed by atoms with Gasteiger partial charge in [-0.25, -0.2) is 0 Å². The molecule has 0 aromatic carbocycles. The zero-order valence-corrected chi connectivity index (χ0v) is 9.84. The van der Waals surface area contributed by atoms with Gasteiger partial charge in [-0.15, -0.1) is 0 Å². The standard InChI is InChI=1S/C10H19F3N2O/c1-4-15(6-10(11,12)13)9(16)5-8(14)7(2)3/h7-8H,4-6,14H2,1-3H3. The van der Waals surface area contributed by atoms with Gasteiger partial charge in [0.25, 0.3) is 0 Å². The molecule has 2 N–H and O–H groups in total. The molecule has 16 heavy (non-hydrogen) atoms. The molecule has 0 aliphatic rings. The van der Waals surface area contributed by atoms with Gasteiger partial charge in [-0.05, 0) is 12.8 Å². The lowest BCUT2D eigenvalue weighted by atomic mass is 10.0. The van der Waals surface area contributed by atoms with E-state index in [4.69, 9.17) is 5.73 Å². The maximum Gasteiger partial charge on any atom is 0.406 e. The zero-order valence-electron chi connectivity index (χ0n) is 9.84. The van der Waals surface area contributed by atoms with Crippen LogP contribution in [0.2, 0.25) is 0 Å². The summed E-state index contributed by atoms with van der Waals surface area (Å²) in [4.78, 5) is 12.3. The molecule has 0 radical (unpaired) electrons. The van der Waals surface area contributed by atoms with E-state index in [2.05, 4.69) is 0 Å². The van der Waals surface area contributed by atoms with Crippen LogP contribution in [-0.4, -0.2) is 36.1 Å². The first kappa shape index (κ1) is 15.2. The molecule has 0 fully saturated rings. The number of carbonyl (C=O) groups excluding carboxylic acids is 1. The van der Waals surface area contributed by atoms with Crippen LogP contribution in [0.4, 0.5) is 13.2 Å². The summed E-state index contributed by atoms with van der Waals surface area (Å²) in [6.07, 6.45) is -4.39. The van der Waals surface area contributed by atoms with Crippen molar-refractivity contribution in [2.75, 3.05) is 13.1 Å². The molecular weight excluding hydrogens is 221 g/mol. The molecular formula is C10H19F3N2O. The number of nitrogens with zero attached hydrogens (tertiary/aromatic N) is 1. The Labute approximate surface area is 93.8 Å². The van der Waals surface area contributed by atoms with Gasteiger partial charge in [0.15, 0.2) is 0 Å². The molecule has 0 heterocycles.